The maximum atomic E-state index is 6.13. The Balaban J connectivity index is 2.02. The first-order valence-electron chi connectivity index (χ1n) is 5.40. The van der Waals surface area contributed by atoms with Gasteiger partial charge in [-0.1, -0.05) is 41.4 Å². The molecule has 0 aliphatic carbocycles. The first-order chi connectivity index (χ1) is 8.69. The Morgan fingerprint density at radius 3 is 2.28 bits per heavy atom. The molecule has 0 aliphatic rings. The Morgan fingerprint density at radius 1 is 0.944 bits per heavy atom. The molecule has 0 spiro atoms. The molecule has 0 atom stereocenters. The van der Waals surface area contributed by atoms with Crippen molar-refractivity contribution in [2.75, 3.05) is 0 Å². The summed E-state index contributed by atoms with van der Waals surface area (Å²) in [5.74, 6) is 1.38. The van der Waals surface area contributed by atoms with Crippen molar-refractivity contribution in [1.82, 2.24) is 0 Å². The largest absolute Gasteiger partial charge is 0.122 e. The van der Waals surface area contributed by atoms with E-state index in [1.807, 2.05) is 24.3 Å². The number of thioether (sulfide) groups is 1. The topological polar surface area (TPSA) is 0 Å². The Labute approximate surface area is 126 Å². The predicted molar refractivity (Wildman–Crippen MR) is 82.0 cm³/mol. The van der Waals surface area contributed by atoms with Gasteiger partial charge in [0.15, 0.2) is 0 Å². The van der Waals surface area contributed by atoms with Crippen LogP contribution in [0, 0.1) is 0 Å². The van der Waals surface area contributed by atoms with Crippen LogP contribution in [0.2, 0.25) is 10.0 Å². The van der Waals surface area contributed by atoms with E-state index in [0.29, 0.717) is 15.9 Å². The van der Waals surface area contributed by atoms with Gasteiger partial charge in [-0.3, -0.25) is 0 Å². The highest BCUT2D eigenvalue weighted by molar-refractivity contribution is 7.98. The second kappa shape index (κ2) is 6.72. The van der Waals surface area contributed by atoms with E-state index in [9.17, 15) is 0 Å². The zero-order valence-electron chi connectivity index (χ0n) is 9.50. The molecular weight excluding hydrogens is 307 g/mol. The van der Waals surface area contributed by atoms with Crippen LogP contribution in [0.3, 0.4) is 0 Å². The van der Waals surface area contributed by atoms with Crippen molar-refractivity contribution >= 4 is 46.6 Å². The molecule has 0 amide bonds. The number of halogens is 3. The standard InChI is InChI=1S/C14H11Cl3S/c15-8-10-1-5-13(6-2-10)18-9-11-3-4-12(16)7-14(11)17/h1-7H,8-9H2. The molecular formula is C14H11Cl3S. The number of alkyl halides is 1. The van der Waals surface area contributed by atoms with Crippen LogP contribution < -0.4 is 0 Å². The van der Waals surface area contributed by atoms with Gasteiger partial charge in [-0.25, -0.2) is 0 Å². The van der Waals surface area contributed by atoms with Crippen LogP contribution in [0.25, 0.3) is 0 Å². The molecule has 4 heteroatoms. The fraction of sp³-hybridized carbons (Fsp3) is 0.143. The minimum absolute atomic E-state index is 0.550. The van der Waals surface area contributed by atoms with E-state index in [0.717, 1.165) is 16.9 Å². The molecule has 0 radical (unpaired) electrons. The summed E-state index contributed by atoms with van der Waals surface area (Å²) < 4.78 is 0. The van der Waals surface area contributed by atoms with Crippen molar-refractivity contribution < 1.29 is 0 Å². The van der Waals surface area contributed by atoms with Gasteiger partial charge in [-0.05, 0) is 35.4 Å². The molecule has 0 aliphatic heterocycles. The average molecular weight is 318 g/mol. The highest BCUT2D eigenvalue weighted by Crippen LogP contribution is 2.28. The molecule has 0 saturated carbocycles. The molecule has 0 nitrogen and oxygen atoms in total. The maximum absolute atomic E-state index is 6.13. The van der Waals surface area contributed by atoms with E-state index in [1.54, 1.807) is 17.8 Å². The van der Waals surface area contributed by atoms with Crippen LogP contribution in [0.5, 0.6) is 0 Å². The lowest BCUT2D eigenvalue weighted by Gasteiger charge is -2.05. The number of rotatable bonds is 4. The predicted octanol–water partition coefficient (Wildman–Crippen LogP) is 6.02. The molecule has 18 heavy (non-hydrogen) atoms. The van der Waals surface area contributed by atoms with Crippen molar-refractivity contribution in [3.63, 3.8) is 0 Å². The van der Waals surface area contributed by atoms with E-state index >= 15 is 0 Å². The molecule has 0 aromatic heterocycles. The summed E-state index contributed by atoms with van der Waals surface area (Å²) in [6.45, 7) is 0. The highest BCUT2D eigenvalue weighted by Gasteiger charge is 2.02. The van der Waals surface area contributed by atoms with Crippen molar-refractivity contribution in [3.8, 4) is 0 Å². The number of benzene rings is 2. The maximum Gasteiger partial charge on any atom is 0.0474 e. The van der Waals surface area contributed by atoms with Crippen molar-refractivity contribution in [1.29, 1.82) is 0 Å². The van der Waals surface area contributed by atoms with Crippen LogP contribution >= 0.6 is 46.6 Å². The third-order valence-electron chi connectivity index (χ3n) is 2.49. The van der Waals surface area contributed by atoms with Gasteiger partial charge in [0.2, 0.25) is 0 Å². The molecule has 0 saturated heterocycles. The van der Waals surface area contributed by atoms with Gasteiger partial charge in [0.25, 0.3) is 0 Å². The van der Waals surface area contributed by atoms with Crippen LogP contribution in [-0.2, 0) is 11.6 Å². The number of hydrogen-bond acceptors (Lipinski definition) is 1. The third kappa shape index (κ3) is 3.83. The Hall–Kier alpha value is -0.340. The Kier molecular flexibility index (Phi) is 5.25. The van der Waals surface area contributed by atoms with Gasteiger partial charge in [-0.2, -0.15) is 0 Å². The molecule has 2 aromatic rings. The zero-order valence-corrected chi connectivity index (χ0v) is 12.6. The summed E-state index contributed by atoms with van der Waals surface area (Å²) in [6, 6.07) is 13.8. The lowest BCUT2D eigenvalue weighted by Crippen LogP contribution is -1.83. The molecule has 0 N–H and O–H groups in total. The zero-order chi connectivity index (χ0) is 13.0. The van der Waals surface area contributed by atoms with Crippen LogP contribution in [0.4, 0.5) is 0 Å². The van der Waals surface area contributed by atoms with E-state index in [1.165, 1.54) is 4.90 Å². The van der Waals surface area contributed by atoms with Crippen molar-refractivity contribution in [2.24, 2.45) is 0 Å². The first kappa shape index (κ1) is 14.1. The molecule has 0 bridgehead atoms. The third-order valence-corrected chi connectivity index (χ3v) is 4.44. The lowest BCUT2D eigenvalue weighted by atomic mass is 10.2. The smallest absolute Gasteiger partial charge is 0.0474 e. The van der Waals surface area contributed by atoms with Crippen molar-refractivity contribution in [2.45, 2.75) is 16.5 Å². The summed E-state index contributed by atoms with van der Waals surface area (Å²) in [7, 11) is 0. The quantitative estimate of drug-likeness (QED) is 0.490. The monoisotopic (exact) mass is 316 g/mol. The van der Waals surface area contributed by atoms with Gasteiger partial charge in [0, 0.05) is 26.6 Å². The summed E-state index contributed by atoms with van der Waals surface area (Å²) in [5, 5.41) is 1.38. The van der Waals surface area contributed by atoms with E-state index in [-0.39, 0.29) is 0 Å². The van der Waals surface area contributed by atoms with Gasteiger partial charge in [-0.15, -0.1) is 23.4 Å². The summed E-state index contributed by atoms with van der Waals surface area (Å²) in [6.07, 6.45) is 0. The van der Waals surface area contributed by atoms with Gasteiger partial charge >= 0.3 is 0 Å². The Bertz CT molecular complexity index is 523. The van der Waals surface area contributed by atoms with Crippen LogP contribution in [-0.4, -0.2) is 0 Å². The van der Waals surface area contributed by atoms with Gasteiger partial charge in [0.1, 0.15) is 0 Å². The van der Waals surface area contributed by atoms with E-state index in [4.69, 9.17) is 34.8 Å². The second-order valence-electron chi connectivity index (χ2n) is 3.80. The molecule has 94 valence electrons. The lowest BCUT2D eigenvalue weighted by molar-refractivity contribution is 1.33. The van der Waals surface area contributed by atoms with E-state index in [2.05, 4.69) is 12.1 Å². The fourth-order valence-electron chi connectivity index (χ4n) is 1.47. The van der Waals surface area contributed by atoms with Gasteiger partial charge in [0.05, 0.1) is 0 Å². The van der Waals surface area contributed by atoms with E-state index < -0.39 is 0 Å². The van der Waals surface area contributed by atoms with Crippen LogP contribution in [0.15, 0.2) is 47.4 Å². The first-order valence-corrected chi connectivity index (χ1v) is 7.68. The normalized spacial score (nSPS) is 10.6. The molecule has 0 heterocycles. The fourth-order valence-corrected chi connectivity index (χ4v) is 3.11. The minimum atomic E-state index is 0.550. The molecule has 0 unspecified atom stereocenters. The van der Waals surface area contributed by atoms with Crippen LogP contribution in [0.1, 0.15) is 11.1 Å². The highest BCUT2D eigenvalue weighted by atomic mass is 35.5. The Morgan fingerprint density at radius 2 is 1.67 bits per heavy atom. The molecule has 2 aromatic carbocycles. The molecule has 2 rings (SSSR count). The van der Waals surface area contributed by atoms with Crippen molar-refractivity contribution in [3.05, 3.63) is 63.6 Å². The minimum Gasteiger partial charge on any atom is -0.122 e. The summed E-state index contributed by atoms with van der Waals surface area (Å²) >= 11 is 19.5. The molecule has 0 fully saturated rings. The number of hydrogen-bond donors (Lipinski definition) is 0. The summed E-state index contributed by atoms with van der Waals surface area (Å²) in [5.41, 5.74) is 2.22. The average Bonchev–Trinajstić information content (AvgIpc) is 2.38. The second-order valence-corrected chi connectivity index (χ2v) is 5.96. The van der Waals surface area contributed by atoms with Gasteiger partial charge < -0.3 is 0 Å². The summed E-state index contributed by atoms with van der Waals surface area (Å²) in [4.78, 5) is 1.20. The SMILES string of the molecule is ClCc1ccc(SCc2ccc(Cl)cc2Cl)cc1.